The van der Waals surface area contributed by atoms with Gasteiger partial charge in [-0.2, -0.15) is 0 Å². The topological polar surface area (TPSA) is 49.3 Å². The molecule has 0 spiro atoms. The van der Waals surface area contributed by atoms with Crippen LogP contribution in [-0.4, -0.2) is 23.2 Å². The zero-order valence-electron chi connectivity index (χ0n) is 8.31. The number of carbonyl (C=O) groups is 1. The maximum absolute atomic E-state index is 11.5. The van der Waals surface area contributed by atoms with Gasteiger partial charge in [0.1, 0.15) is 5.60 Å². The van der Waals surface area contributed by atoms with Crippen molar-refractivity contribution in [3.63, 3.8) is 0 Å². The smallest absolute Gasteiger partial charge is 0.251 e. The van der Waals surface area contributed by atoms with Crippen LogP contribution in [0.1, 0.15) is 45.4 Å². The normalized spacial score (nSPS) is 21.1. The molecule has 1 amide bonds. The Kier molecular flexibility index (Phi) is 3.72. The minimum Gasteiger partial charge on any atom is -0.380 e. The zero-order valence-corrected chi connectivity index (χ0v) is 8.31. The second-order valence-electron chi connectivity index (χ2n) is 3.85. The van der Waals surface area contributed by atoms with E-state index in [1.54, 1.807) is 0 Å². The van der Waals surface area contributed by atoms with Gasteiger partial charge in [-0.25, -0.2) is 0 Å². The van der Waals surface area contributed by atoms with Crippen LogP contribution in [-0.2, 0) is 4.79 Å². The SMILES string of the molecule is CCCNC(=O)C1(O)CCCCC1. The largest absolute Gasteiger partial charge is 0.380 e. The van der Waals surface area contributed by atoms with Gasteiger partial charge in [-0.05, 0) is 19.3 Å². The minimum atomic E-state index is -1.06. The summed E-state index contributed by atoms with van der Waals surface area (Å²) in [6.45, 7) is 2.67. The van der Waals surface area contributed by atoms with E-state index in [2.05, 4.69) is 5.32 Å². The Labute approximate surface area is 79.5 Å². The van der Waals surface area contributed by atoms with Gasteiger partial charge in [0.15, 0.2) is 0 Å². The van der Waals surface area contributed by atoms with E-state index in [4.69, 9.17) is 0 Å². The average molecular weight is 185 g/mol. The lowest BCUT2D eigenvalue weighted by atomic mass is 9.84. The Balaban J connectivity index is 2.42. The van der Waals surface area contributed by atoms with Crippen LogP contribution in [0.3, 0.4) is 0 Å². The van der Waals surface area contributed by atoms with Crippen LogP contribution in [0.5, 0.6) is 0 Å². The first-order chi connectivity index (χ1) is 6.19. The molecule has 0 aliphatic heterocycles. The predicted octanol–water partition coefficient (Wildman–Crippen LogP) is 1.21. The summed E-state index contributed by atoms with van der Waals surface area (Å²) in [6, 6.07) is 0. The van der Waals surface area contributed by atoms with E-state index in [1.807, 2.05) is 6.92 Å². The molecule has 1 saturated carbocycles. The van der Waals surface area contributed by atoms with Gasteiger partial charge in [0.25, 0.3) is 5.91 Å². The van der Waals surface area contributed by atoms with E-state index in [0.29, 0.717) is 19.4 Å². The molecule has 0 aromatic carbocycles. The number of carbonyl (C=O) groups excluding carboxylic acids is 1. The predicted molar refractivity (Wildman–Crippen MR) is 51.3 cm³/mol. The molecular weight excluding hydrogens is 166 g/mol. The first kappa shape index (κ1) is 10.5. The number of aliphatic hydroxyl groups is 1. The van der Waals surface area contributed by atoms with Gasteiger partial charge in [0.2, 0.25) is 0 Å². The fourth-order valence-corrected chi connectivity index (χ4v) is 1.77. The quantitative estimate of drug-likeness (QED) is 0.694. The number of hydrogen-bond donors (Lipinski definition) is 2. The number of amides is 1. The molecule has 0 heterocycles. The monoisotopic (exact) mass is 185 g/mol. The number of nitrogens with one attached hydrogen (secondary N) is 1. The summed E-state index contributed by atoms with van der Waals surface area (Å²) < 4.78 is 0. The molecule has 0 aromatic rings. The average Bonchev–Trinajstić information content (AvgIpc) is 2.15. The third-order valence-corrected chi connectivity index (χ3v) is 2.64. The Hall–Kier alpha value is -0.570. The van der Waals surface area contributed by atoms with Crippen LogP contribution in [0.15, 0.2) is 0 Å². The standard InChI is InChI=1S/C10H19NO2/c1-2-8-11-9(12)10(13)6-4-3-5-7-10/h13H,2-8H2,1H3,(H,11,12). The van der Waals surface area contributed by atoms with E-state index < -0.39 is 5.60 Å². The van der Waals surface area contributed by atoms with E-state index in [9.17, 15) is 9.90 Å². The lowest BCUT2D eigenvalue weighted by Gasteiger charge is -2.30. The second kappa shape index (κ2) is 4.61. The van der Waals surface area contributed by atoms with Crippen LogP contribution >= 0.6 is 0 Å². The maximum atomic E-state index is 11.5. The van der Waals surface area contributed by atoms with Gasteiger partial charge in [0, 0.05) is 6.54 Å². The summed E-state index contributed by atoms with van der Waals surface area (Å²) in [7, 11) is 0. The lowest BCUT2D eigenvalue weighted by molar-refractivity contribution is -0.142. The van der Waals surface area contributed by atoms with Crippen molar-refractivity contribution in [2.24, 2.45) is 0 Å². The van der Waals surface area contributed by atoms with Crippen LogP contribution in [0.4, 0.5) is 0 Å². The van der Waals surface area contributed by atoms with Gasteiger partial charge >= 0.3 is 0 Å². The van der Waals surface area contributed by atoms with E-state index in [1.165, 1.54) is 0 Å². The molecular formula is C10H19NO2. The highest BCUT2D eigenvalue weighted by atomic mass is 16.3. The molecule has 13 heavy (non-hydrogen) atoms. The Bertz CT molecular complexity index is 174. The number of hydrogen-bond acceptors (Lipinski definition) is 2. The number of rotatable bonds is 3. The molecule has 0 bridgehead atoms. The summed E-state index contributed by atoms with van der Waals surface area (Å²) >= 11 is 0. The van der Waals surface area contributed by atoms with E-state index in [0.717, 1.165) is 25.7 Å². The molecule has 0 atom stereocenters. The Morgan fingerprint density at radius 3 is 2.54 bits per heavy atom. The molecule has 3 nitrogen and oxygen atoms in total. The van der Waals surface area contributed by atoms with Gasteiger partial charge in [-0.15, -0.1) is 0 Å². The van der Waals surface area contributed by atoms with Crippen LogP contribution < -0.4 is 5.32 Å². The van der Waals surface area contributed by atoms with Crippen LogP contribution in [0.25, 0.3) is 0 Å². The summed E-state index contributed by atoms with van der Waals surface area (Å²) in [5, 5.41) is 12.7. The van der Waals surface area contributed by atoms with Crippen molar-refractivity contribution in [1.29, 1.82) is 0 Å². The summed E-state index contributed by atoms with van der Waals surface area (Å²) in [5.74, 6) is -0.172. The molecule has 1 aliphatic carbocycles. The maximum Gasteiger partial charge on any atom is 0.251 e. The summed E-state index contributed by atoms with van der Waals surface area (Å²) in [6.07, 6.45) is 5.25. The van der Waals surface area contributed by atoms with Crippen molar-refractivity contribution in [2.75, 3.05) is 6.54 Å². The molecule has 0 saturated heterocycles. The van der Waals surface area contributed by atoms with Crippen LogP contribution in [0.2, 0.25) is 0 Å². The molecule has 0 unspecified atom stereocenters. The molecule has 0 radical (unpaired) electrons. The summed E-state index contributed by atoms with van der Waals surface area (Å²) in [4.78, 5) is 11.5. The highest BCUT2D eigenvalue weighted by Crippen LogP contribution is 2.27. The van der Waals surface area contributed by atoms with Crippen molar-refractivity contribution < 1.29 is 9.90 Å². The van der Waals surface area contributed by atoms with Gasteiger partial charge in [-0.1, -0.05) is 26.2 Å². The fraction of sp³-hybridized carbons (Fsp3) is 0.900. The fourth-order valence-electron chi connectivity index (χ4n) is 1.77. The molecule has 76 valence electrons. The molecule has 2 N–H and O–H groups in total. The molecule has 1 aliphatic rings. The molecule has 3 heteroatoms. The van der Waals surface area contributed by atoms with E-state index in [-0.39, 0.29) is 5.91 Å². The third kappa shape index (κ3) is 2.69. The van der Waals surface area contributed by atoms with Gasteiger partial charge in [-0.3, -0.25) is 4.79 Å². The summed E-state index contributed by atoms with van der Waals surface area (Å²) in [5.41, 5.74) is -1.06. The Morgan fingerprint density at radius 2 is 2.00 bits per heavy atom. The highest BCUT2D eigenvalue weighted by molar-refractivity contribution is 5.84. The van der Waals surface area contributed by atoms with Crippen molar-refractivity contribution in [2.45, 2.75) is 51.0 Å². The minimum absolute atomic E-state index is 0.172. The van der Waals surface area contributed by atoms with Crippen molar-refractivity contribution in [3.8, 4) is 0 Å². The van der Waals surface area contributed by atoms with Crippen molar-refractivity contribution in [1.82, 2.24) is 5.32 Å². The molecule has 0 aromatic heterocycles. The van der Waals surface area contributed by atoms with Crippen molar-refractivity contribution in [3.05, 3.63) is 0 Å². The van der Waals surface area contributed by atoms with Crippen molar-refractivity contribution >= 4 is 5.91 Å². The zero-order chi connectivity index (χ0) is 9.73. The highest BCUT2D eigenvalue weighted by Gasteiger charge is 2.36. The first-order valence-electron chi connectivity index (χ1n) is 5.20. The van der Waals surface area contributed by atoms with Gasteiger partial charge < -0.3 is 10.4 Å². The second-order valence-corrected chi connectivity index (χ2v) is 3.85. The third-order valence-electron chi connectivity index (χ3n) is 2.64. The van der Waals surface area contributed by atoms with Crippen LogP contribution in [0, 0.1) is 0 Å². The van der Waals surface area contributed by atoms with Gasteiger partial charge in [0.05, 0.1) is 0 Å². The van der Waals surface area contributed by atoms with E-state index >= 15 is 0 Å². The first-order valence-corrected chi connectivity index (χ1v) is 5.20. The molecule has 1 rings (SSSR count). The lowest BCUT2D eigenvalue weighted by Crippen LogP contribution is -2.48. The molecule has 1 fully saturated rings. The Morgan fingerprint density at radius 1 is 1.38 bits per heavy atom.